The van der Waals surface area contributed by atoms with Gasteiger partial charge in [0, 0.05) is 5.56 Å². The van der Waals surface area contributed by atoms with Crippen LogP contribution in [0.5, 0.6) is 0 Å². The molecule has 0 spiro atoms. The SMILES string of the molecule is O=C(CNC(=O)/C(=C\c1ccc(F)cc1)NC(=O)c1ccccc1)OCc1ccccc1. The highest BCUT2D eigenvalue weighted by atomic mass is 19.1. The van der Waals surface area contributed by atoms with E-state index in [9.17, 15) is 18.8 Å². The molecule has 0 aliphatic heterocycles. The second kappa shape index (κ2) is 11.2. The Balaban J connectivity index is 1.66. The number of carbonyl (C=O) groups is 3. The third kappa shape index (κ3) is 6.91. The lowest BCUT2D eigenvalue weighted by molar-refractivity contribution is -0.144. The molecule has 0 heterocycles. The van der Waals surface area contributed by atoms with Gasteiger partial charge in [0.25, 0.3) is 11.8 Å². The highest BCUT2D eigenvalue weighted by molar-refractivity contribution is 6.05. The van der Waals surface area contributed by atoms with E-state index in [2.05, 4.69) is 10.6 Å². The number of nitrogens with one attached hydrogen (secondary N) is 2. The van der Waals surface area contributed by atoms with Crippen molar-refractivity contribution < 1.29 is 23.5 Å². The molecule has 0 aliphatic carbocycles. The van der Waals surface area contributed by atoms with Crippen molar-refractivity contribution in [1.29, 1.82) is 0 Å². The summed E-state index contributed by atoms with van der Waals surface area (Å²) in [6, 6.07) is 22.9. The van der Waals surface area contributed by atoms with E-state index in [1.165, 1.54) is 30.3 Å². The molecule has 0 saturated carbocycles. The number of carbonyl (C=O) groups excluding carboxylic acids is 3. The molecular weight excluding hydrogens is 411 g/mol. The fourth-order valence-corrected chi connectivity index (χ4v) is 2.70. The van der Waals surface area contributed by atoms with E-state index in [0.29, 0.717) is 11.1 Å². The average Bonchev–Trinajstić information content (AvgIpc) is 2.83. The topological polar surface area (TPSA) is 84.5 Å². The van der Waals surface area contributed by atoms with Crippen LogP contribution in [0.1, 0.15) is 21.5 Å². The van der Waals surface area contributed by atoms with Crippen molar-refractivity contribution in [2.24, 2.45) is 0 Å². The van der Waals surface area contributed by atoms with Gasteiger partial charge in [0.2, 0.25) is 0 Å². The number of hydrogen-bond acceptors (Lipinski definition) is 4. The van der Waals surface area contributed by atoms with Crippen molar-refractivity contribution in [2.75, 3.05) is 6.54 Å². The molecule has 0 radical (unpaired) electrons. The molecule has 0 bridgehead atoms. The van der Waals surface area contributed by atoms with Crippen molar-refractivity contribution in [1.82, 2.24) is 10.6 Å². The van der Waals surface area contributed by atoms with Crippen LogP contribution in [0.2, 0.25) is 0 Å². The molecule has 0 aliphatic rings. The molecule has 3 aromatic rings. The van der Waals surface area contributed by atoms with Gasteiger partial charge in [0.15, 0.2) is 0 Å². The second-order valence-electron chi connectivity index (χ2n) is 6.76. The van der Waals surface area contributed by atoms with Crippen LogP contribution in [0.15, 0.2) is 90.6 Å². The maximum absolute atomic E-state index is 13.2. The van der Waals surface area contributed by atoms with E-state index < -0.39 is 23.6 Å². The first-order chi connectivity index (χ1) is 15.5. The van der Waals surface area contributed by atoms with Gasteiger partial charge in [-0.1, -0.05) is 60.7 Å². The molecule has 0 unspecified atom stereocenters. The molecule has 3 rings (SSSR count). The van der Waals surface area contributed by atoms with Gasteiger partial charge in [0.05, 0.1) is 0 Å². The first-order valence-corrected chi connectivity index (χ1v) is 9.82. The summed E-state index contributed by atoms with van der Waals surface area (Å²) in [6.07, 6.45) is 1.39. The van der Waals surface area contributed by atoms with E-state index in [-0.39, 0.29) is 18.8 Å². The van der Waals surface area contributed by atoms with Crippen molar-refractivity contribution >= 4 is 23.9 Å². The molecular formula is C25H21FN2O4. The van der Waals surface area contributed by atoms with E-state index in [1.54, 1.807) is 30.3 Å². The predicted molar refractivity (Wildman–Crippen MR) is 118 cm³/mol. The number of rotatable bonds is 8. The number of esters is 1. The van der Waals surface area contributed by atoms with Gasteiger partial charge in [0.1, 0.15) is 24.7 Å². The third-order valence-corrected chi connectivity index (χ3v) is 4.35. The van der Waals surface area contributed by atoms with Crippen LogP contribution in [0.3, 0.4) is 0 Å². The lowest BCUT2D eigenvalue weighted by Crippen LogP contribution is -2.37. The van der Waals surface area contributed by atoms with Gasteiger partial charge >= 0.3 is 5.97 Å². The largest absolute Gasteiger partial charge is 0.460 e. The van der Waals surface area contributed by atoms with Gasteiger partial charge < -0.3 is 15.4 Å². The number of ether oxygens (including phenoxy) is 1. The Morgan fingerprint density at radius 2 is 1.47 bits per heavy atom. The van der Waals surface area contributed by atoms with Crippen LogP contribution in [0.4, 0.5) is 4.39 Å². The lowest BCUT2D eigenvalue weighted by atomic mass is 10.1. The van der Waals surface area contributed by atoms with Crippen molar-refractivity contribution in [3.05, 3.63) is 113 Å². The molecule has 3 aromatic carbocycles. The Morgan fingerprint density at radius 1 is 0.844 bits per heavy atom. The molecule has 2 amide bonds. The maximum atomic E-state index is 13.2. The summed E-state index contributed by atoms with van der Waals surface area (Å²) in [5, 5.41) is 4.98. The molecule has 7 heteroatoms. The van der Waals surface area contributed by atoms with Gasteiger partial charge in [-0.05, 0) is 41.5 Å². The van der Waals surface area contributed by atoms with E-state index >= 15 is 0 Å². The van der Waals surface area contributed by atoms with Crippen LogP contribution in [-0.4, -0.2) is 24.3 Å². The van der Waals surface area contributed by atoms with Crippen molar-refractivity contribution in [2.45, 2.75) is 6.61 Å². The van der Waals surface area contributed by atoms with Crippen LogP contribution in [0, 0.1) is 5.82 Å². The number of hydrogen-bond donors (Lipinski definition) is 2. The number of halogens is 1. The number of benzene rings is 3. The minimum absolute atomic E-state index is 0.0819. The van der Waals surface area contributed by atoms with Crippen LogP contribution in [-0.2, 0) is 20.9 Å². The summed E-state index contributed by atoms with van der Waals surface area (Å²) < 4.78 is 18.3. The van der Waals surface area contributed by atoms with Crippen LogP contribution in [0.25, 0.3) is 6.08 Å². The normalized spacial score (nSPS) is 10.8. The minimum atomic E-state index is -0.685. The highest BCUT2D eigenvalue weighted by Crippen LogP contribution is 2.09. The fraction of sp³-hybridized carbons (Fsp3) is 0.0800. The Morgan fingerprint density at radius 3 is 2.12 bits per heavy atom. The Kier molecular flexibility index (Phi) is 7.86. The minimum Gasteiger partial charge on any atom is -0.460 e. The Labute approximate surface area is 184 Å². The zero-order valence-electron chi connectivity index (χ0n) is 17.1. The Bertz CT molecular complexity index is 1100. The Hall–Kier alpha value is -4.26. The zero-order chi connectivity index (χ0) is 22.8. The molecule has 2 N–H and O–H groups in total. The molecule has 6 nitrogen and oxygen atoms in total. The predicted octanol–water partition coefficient (Wildman–Crippen LogP) is 3.46. The summed E-state index contributed by atoms with van der Waals surface area (Å²) in [6.45, 7) is -0.299. The maximum Gasteiger partial charge on any atom is 0.325 e. The van der Waals surface area contributed by atoms with Crippen LogP contribution < -0.4 is 10.6 Å². The quantitative estimate of drug-likeness (QED) is 0.422. The first kappa shape index (κ1) is 22.4. The second-order valence-corrected chi connectivity index (χ2v) is 6.76. The van der Waals surface area contributed by atoms with Gasteiger partial charge in [-0.2, -0.15) is 0 Å². The monoisotopic (exact) mass is 432 g/mol. The smallest absolute Gasteiger partial charge is 0.325 e. The van der Waals surface area contributed by atoms with Gasteiger partial charge in [-0.25, -0.2) is 4.39 Å². The molecule has 0 atom stereocenters. The molecule has 0 fully saturated rings. The highest BCUT2D eigenvalue weighted by Gasteiger charge is 2.16. The van der Waals surface area contributed by atoms with Crippen LogP contribution >= 0.6 is 0 Å². The summed E-state index contributed by atoms with van der Waals surface area (Å²) in [4.78, 5) is 37.2. The first-order valence-electron chi connectivity index (χ1n) is 9.82. The van der Waals surface area contributed by atoms with Crippen molar-refractivity contribution in [3.63, 3.8) is 0 Å². The molecule has 162 valence electrons. The summed E-state index contributed by atoms with van der Waals surface area (Å²) >= 11 is 0. The van der Waals surface area contributed by atoms with E-state index in [4.69, 9.17) is 4.74 Å². The molecule has 32 heavy (non-hydrogen) atoms. The van der Waals surface area contributed by atoms with Crippen molar-refractivity contribution in [3.8, 4) is 0 Å². The number of amides is 2. The average molecular weight is 432 g/mol. The summed E-state index contributed by atoms with van der Waals surface area (Å²) in [7, 11) is 0. The molecule has 0 saturated heterocycles. The summed E-state index contributed by atoms with van der Waals surface area (Å²) in [5.74, 6) is -2.24. The van der Waals surface area contributed by atoms with Gasteiger partial charge in [-0.3, -0.25) is 14.4 Å². The van der Waals surface area contributed by atoms with E-state index in [1.807, 2.05) is 30.3 Å². The zero-order valence-corrected chi connectivity index (χ0v) is 17.1. The lowest BCUT2D eigenvalue weighted by Gasteiger charge is -2.11. The van der Waals surface area contributed by atoms with Gasteiger partial charge in [-0.15, -0.1) is 0 Å². The summed E-state index contributed by atoms with van der Waals surface area (Å²) in [5.41, 5.74) is 1.57. The third-order valence-electron chi connectivity index (χ3n) is 4.35. The van der Waals surface area contributed by atoms with E-state index in [0.717, 1.165) is 5.56 Å². The fourth-order valence-electron chi connectivity index (χ4n) is 2.70. The standard InChI is InChI=1S/C25H21FN2O4/c26-21-13-11-18(12-14-21)15-22(28-24(30)20-9-5-2-6-10-20)25(31)27-16-23(29)32-17-19-7-3-1-4-8-19/h1-15H,16-17H2,(H,27,31)(H,28,30)/b22-15+. The molecule has 0 aromatic heterocycles.